The Morgan fingerprint density at radius 3 is 1.56 bits per heavy atom. The molecule has 2 heteroatoms. The van der Waals surface area contributed by atoms with Gasteiger partial charge in [-0.3, -0.25) is 9.59 Å². The molecule has 0 aromatic carbocycles. The van der Waals surface area contributed by atoms with Gasteiger partial charge in [0.1, 0.15) is 11.6 Å². The maximum Gasteiger partial charge on any atom is 0.136 e. The summed E-state index contributed by atoms with van der Waals surface area (Å²) in [4.78, 5) is 24.2. The van der Waals surface area contributed by atoms with Gasteiger partial charge >= 0.3 is 0 Å². The molecule has 0 aliphatic heterocycles. The van der Waals surface area contributed by atoms with Crippen molar-refractivity contribution in [3.63, 3.8) is 0 Å². The van der Waals surface area contributed by atoms with Crippen molar-refractivity contribution in [2.24, 2.45) is 23.7 Å². The lowest BCUT2D eigenvalue weighted by molar-refractivity contribution is -0.144. The molecule has 0 aromatic heterocycles. The molecule has 4 atom stereocenters. The normalized spacial score (nSPS) is 43.8. The van der Waals surface area contributed by atoms with Crippen LogP contribution in [0.1, 0.15) is 51.4 Å². The molecule has 3 aliphatic rings. The van der Waals surface area contributed by atoms with E-state index < -0.39 is 0 Å². The van der Waals surface area contributed by atoms with Gasteiger partial charge in [-0.2, -0.15) is 0 Å². The van der Waals surface area contributed by atoms with E-state index in [1.54, 1.807) is 0 Å². The van der Waals surface area contributed by atoms with Crippen LogP contribution in [0.2, 0.25) is 0 Å². The summed E-state index contributed by atoms with van der Waals surface area (Å²) in [6.07, 6.45) is 8.36. The second-order valence-electron chi connectivity index (χ2n) is 5.87. The topological polar surface area (TPSA) is 34.1 Å². The minimum absolute atomic E-state index is 0.125. The van der Waals surface area contributed by atoms with Gasteiger partial charge in [0.05, 0.1) is 0 Å². The van der Waals surface area contributed by atoms with Crippen molar-refractivity contribution < 1.29 is 9.59 Å². The number of ketones is 2. The fraction of sp³-hybridized carbons (Fsp3) is 0.857. The number of carbonyl (C=O) groups excluding carboxylic acids is 2. The molecule has 3 rings (SSSR count). The van der Waals surface area contributed by atoms with Crippen LogP contribution >= 0.6 is 0 Å². The molecule has 0 saturated heterocycles. The number of rotatable bonds is 0. The van der Waals surface area contributed by atoms with E-state index in [1.165, 1.54) is 25.7 Å². The van der Waals surface area contributed by atoms with E-state index in [4.69, 9.17) is 0 Å². The maximum atomic E-state index is 12.1. The Labute approximate surface area is 96.8 Å². The average molecular weight is 220 g/mol. The number of Topliss-reactive ketones (excluding diaryl/α,β-unsaturated/α-hetero) is 2. The van der Waals surface area contributed by atoms with Crippen LogP contribution in [0.3, 0.4) is 0 Å². The molecule has 0 heterocycles. The summed E-state index contributed by atoms with van der Waals surface area (Å²) in [5.41, 5.74) is 0. The fourth-order valence-corrected chi connectivity index (χ4v) is 4.36. The van der Waals surface area contributed by atoms with E-state index in [9.17, 15) is 9.59 Å². The molecule has 0 bridgehead atoms. The van der Waals surface area contributed by atoms with Crippen LogP contribution in [0.5, 0.6) is 0 Å². The Morgan fingerprint density at radius 1 is 0.688 bits per heavy atom. The zero-order valence-corrected chi connectivity index (χ0v) is 9.78. The Balaban J connectivity index is 1.89. The van der Waals surface area contributed by atoms with E-state index >= 15 is 0 Å². The zero-order valence-electron chi connectivity index (χ0n) is 9.78. The third-order valence-electron chi connectivity index (χ3n) is 5.05. The molecule has 0 N–H and O–H groups in total. The predicted molar refractivity (Wildman–Crippen MR) is 60.9 cm³/mol. The van der Waals surface area contributed by atoms with Crippen molar-refractivity contribution >= 4 is 11.6 Å². The molecule has 3 fully saturated rings. The van der Waals surface area contributed by atoms with E-state index in [-0.39, 0.29) is 11.8 Å². The molecule has 3 saturated carbocycles. The van der Waals surface area contributed by atoms with Crippen LogP contribution in [0.15, 0.2) is 0 Å². The Bertz CT molecular complexity index is 289. The number of hydrogen-bond acceptors (Lipinski definition) is 2. The lowest BCUT2D eigenvalue weighted by Crippen LogP contribution is -2.46. The summed E-state index contributed by atoms with van der Waals surface area (Å²) in [6.45, 7) is 0. The fourth-order valence-electron chi connectivity index (χ4n) is 4.36. The largest absolute Gasteiger partial charge is 0.299 e. The first kappa shape index (κ1) is 10.5. The Morgan fingerprint density at radius 2 is 1.12 bits per heavy atom. The molecule has 16 heavy (non-hydrogen) atoms. The monoisotopic (exact) mass is 220 g/mol. The van der Waals surface area contributed by atoms with Crippen LogP contribution in [0, 0.1) is 23.7 Å². The van der Waals surface area contributed by atoms with Gasteiger partial charge < -0.3 is 0 Å². The van der Waals surface area contributed by atoms with Gasteiger partial charge in [-0.25, -0.2) is 0 Å². The lowest BCUT2D eigenvalue weighted by Gasteiger charge is -2.45. The molecular weight excluding hydrogens is 200 g/mol. The third-order valence-corrected chi connectivity index (χ3v) is 5.05. The van der Waals surface area contributed by atoms with Gasteiger partial charge in [0, 0.05) is 24.7 Å². The second kappa shape index (κ2) is 3.97. The van der Waals surface area contributed by atoms with E-state index in [0.29, 0.717) is 23.4 Å². The van der Waals surface area contributed by atoms with Crippen molar-refractivity contribution in [3.8, 4) is 0 Å². The molecular formula is C14H20O2. The van der Waals surface area contributed by atoms with Gasteiger partial charge in [-0.05, 0) is 50.4 Å². The summed E-state index contributed by atoms with van der Waals surface area (Å²) in [7, 11) is 0. The standard InChI is InChI=1S/C14H20O2/c15-11-5-1-3-9-7-8-10-4-2-6-12(16)14(10)13(9)11/h9-10,13-14H,1-8H2. The van der Waals surface area contributed by atoms with Gasteiger partial charge in [-0.15, -0.1) is 0 Å². The van der Waals surface area contributed by atoms with Crippen LogP contribution in [-0.4, -0.2) is 11.6 Å². The van der Waals surface area contributed by atoms with Crippen molar-refractivity contribution in [2.75, 3.05) is 0 Å². The van der Waals surface area contributed by atoms with E-state index in [0.717, 1.165) is 25.7 Å². The summed E-state index contributed by atoms with van der Waals surface area (Å²) < 4.78 is 0. The number of carbonyl (C=O) groups is 2. The molecule has 0 aromatic rings. The van der Waals surface area contributed by atoms with Gasteiger partial charge in [0.2, 0.25) is 0 Å². The third kappa shape index (κ3) is 1.54. The molecule has 0 radical (unpaired) electrons. The lowest BCUT2D eigenvalue weighted by atomic mass is 9.57. The highest BCUT2D eigenvalue weighted by Crippen LogP contribution is 2.48. The van der Waals surface area contributed by atoms with Crippen molar-refractivity contribution in [2.45, 2.75) is 51.4 Å². The predicted octanol–water partition coefficient (Wildman–Crippen LogP) is 2.75. The van der Waals surface area contributed by atoms with Crippen LogP contribution < -0.4 is 0 Å². The molecule has 4 unspecified atom stereocenters. The van der Waals surface area contributed by atoms with Gasteiger partial charge in [0.15, 0.2) is 0 Å². The van der Waals surface area contributed by atoms with Crippen LogP contribution in [0.25, 0.3) is 0 Å². The van der Waals surface area contributed by atoms with Crippen LogP contribution in [0.4, 0.5) is 0 Å². The minimum Gasteiger partial charge on any atom is -0.299 e. The summed E-state index contributed by atoms with van der Waals surface area (Å²) in [6, 6.07) is 0. The van der Waals surface area contributed by atoms with E-state index in [1.807, 2.05) is 0 Å². The van der Waals surface area contributed by atoms with Gasteiger partial charge in [0.25, 0.3) is 0 Å². The second-order valence-corrected chi connectivity index (χ2v) is 5.87. The zero-order chi connectivity index (χ0) is 11.1. The average Bonchev–Trinajstić information content (AvgIpc) is 2.29. The first-order valence-electron chi connectivity index (χ1n) is 6.83. The summed E-state index contributed by atoms with van der Waals surface area (Å²) in [5, 5.41) is 0. The highest BCUT2D eigenvalue weighted by Gasteiger charge is 2.48. The molecule has 2 nitrogen and oxygen atoms in total. The molecule has 0 amide bonds. The summed E-state index contributed by atoms with van der Waals surface area (Å²) >= 11 is 0. The maximum absolute atomic E-state index is 12.1. The minimum atomic E-state index is 0.125. The highest BCUT2D eigenvalue weighted by atomic mass is 16.1. The molecule has 88 valence electrons. The van der Waals surface area contributed by atoms with Crippen molar-refractivity contribution in [1.82, 2.24) is 0 Å². The summed E-state index contributed by atoms with van der Waals surface area (Å²) in [5.74, 6) is 2.15. The Kier molecular flexibility index (Phi) is 2.61. The van der Waals surface area contributed by atoms with Crippen molar-refractivity contribution in [1.29, 1.82) is 0 Å². The SMILES string of the molecule is O=C1CCCC2CCC3CCCC(=O)C3C12. The number of hydrogen-bond donors (Lipinski definition) is 0. The van der Waals surface area contributed by atoms with Gasteiger partial charge in [-0.1, -0.05) is 0 Å². The Hall–Kier alpha value is -0.660. The highest BCUT2D eigenvalue weighted by molar-refractivity contribution is 5.91. The van der Waals surface area contributed by atoms with Crippen molar-refractivity contribution in [3.05, 3.63) is 0 Å². The van der Waals surface area contributed by atoms with E-state index in [2.05, 4.69) is 0 Å². The quantitative estimate of drug-likeness (QED) is 0.629. The smallest absolute Gasteiger partial charge is 0.136 e. The van der Waals surface area contributed by atoms with Crippen LogP contribution in [-0.2, 0) is 9.59 Å². The molecule has 0 spiro atoms. The number of fused-ring (bicyclic) bond motifs is 3. The first-order valence-corrected chi connectivity index (χ1v) is 6.83. The molecule has 3 aliphatic carbocycles. The first-order chi connectivity index (χ1) is 7.77.